The molecule has 4 N–H and O–H groups in total. The molecule has 3 atom stereocenters. The first-order chi connectivity index (χ1) is 15.5. The molecule has 2 bridgehead atoms. The van der Waals surface area contributed by atoms with Crippen molar-refractivity contribution >= 4 is 33.3 Å². The number of hydrogen-bond acceptors (Lipinski definition) is 6. The molecule has 164 valence electrons. The zero-order valence-corrected chi connectivity index (χ0v) is 17.8. The lowest BCUT2D eigenvalue weighted by molar-refractivity contribution is 0.473. The van der Waals surface area contributed by atoms with Gasteiger partial charge in [0.05, 0.1) is 27.7 Å². The Morgan fingerprint density at radius 3 is 2.56 bits per heavy atom. The summed E-state index contributed by atoms with van der Waals surface area (Å²) in [6.45, 7) is 2.59. The second kappa shape index (κ2) is 6.83. The van der Waals surface area contributed by atoms with Crippen LogP contribution in [0.5, 0.6) is 0 Å². The van der Waals surface area contributed by atoms with E-state index in [0.29, 0.717) is 34.0 Å². The number of halogens is 2. The van der Waals surface area contributed by atoms with Crippen molar-refractivity contribution in [3.05, 3.63) is 42.1 Å². The Morgan fingerprint density at radius 2 is 1.91 bits per heavy atom. The van der Waals surface area contributed by atoms with Crippen LogP contribution in [0.3, 0.4) is 0 Å². The maximum absolute atomic E-state index is 15.3. The van der Waals surface area contributed by atoms with Crippen LogP contribution in [0.15, 0.2) is 24.7 Å². The van der Waals surface area contributed by atoms with Crippen molar-refractivity contribution in [2.75, 3.05) is 23.8 Å². The molecule has 0 spiro atoms. The van der Waals surface area contributed by atoms with Crippen LogP contribution >= 0.6 is 0 Å². The minimum Gasteiger partial charge on any atom is -0.386 e. The molecule has 0 amide bonds. The second-order valence-corrected chi connectivity index (χ2v) is 8.81. The number of aromatic nitrogens is 4. The van der Waals surface area contributed by atoms with Gasteiger partial charge in [-0.15, -0.1) is 0 Å². The van der Waals surface area contributed by atoms with Crippen molar-refractivity contribution < 1.29 is 8.78 Å². The molecule has 1 aliphatic heterocycles. The molecular weight excluding hydrogens is 412 g/mol. The van der Waals surface area contributed by atoms with Gasteiger partial charge in [0.2, 0.25) is 0 Å². The number of H-pyrrole nitrogens is 1. The number of fused-ring (bicyclic) bond motifs is 5. The van der Waals surface area contributed by atoms with Gasteiger partial charge in [-0.25, -0.2) is 23.7 Å². The maximum Gasteiger partial charge on any atom is 0.169 e. The number of nitrogens with one attached hydrogen (secondary N) is 2. The molecule has 1 saturated carbocycles. The monoisotopic (exact) mass is 435 g/mol. The van der Waals surface area contributed by atoms with Gasteiger partial charge >= 0.3 is 0 Å². The van der Waals surface area contributed by atoms with Crippen LogP contribution in [0.25, 0.3) is 33.1 Å². The summed E-state index contributed by atoms with van der Waals surface area (Å²) in [7, 11) is 1.68. The first-order valence-corrected chi connectivity index (χ1v) is 10.8. The Labute approximate surface area is 183 Å². The summed E-state index contributed by atoms with van der Waals surface area (Å²) in [5.74, 6) is -0.742. The zero-order chi connectivity index (χ0) is 22.1. The zero-order valence-electron chi connectivity index (χ0n) is 17.8. The number of anilines is 2. The number of nitrogens with two attached hydrogens (primary N) is 1. The van der Waals surface area contributed by atoms with Crippen LogP contribution in [0, 0.1) is 24.5 Å². The predicted molar refractivity (Wildman–Crippen MR) is 121 cm³/mol. The molecule has 2 fully saturated rings. The lowest BCUT2D eigenvalue weighted by atomic mass is 9.99. The van der Waals surface area contributed by atoms with Crippen molar-refractivity contribution in [3.8, 4) is 11.1 Å². The van der Waals surface area contributed by atoms with Crippen molar-refractivity contribution in [2.45, 2.75) is 31.8 Å². The van der Waals surface area contributed by atoms with E-state index in [1.54, 1.807) is 25.6 Å². The Balaban J connectivity index is 1.71. The molecular formula is C23H23F2N7. The van der Waals surface area contributed by atoms with Crippen LogP contribution in [0.4, 0.5) is 20.2 Å². The summed E-state index contributed by atoms with van der Waals surface area (Å²) in [4.78, 5) is 18.8. The Hall–Kier alpha value is -3.33. The summed E-state index contributed by atoms with van der Waals surface area (Å²) >= 11 is 0. The van der Waals surface area contributed by atoms with E-state index in [1.165, 1.54) is 0 Å². The average Bonchev–Trinajstić information content (AvgIpc) is 3.48. The first kappa shape index (κ1) is 19.4. The fraction of sp³-hybridized carbons (Fsp3) is 0.348. The smallest absolute Gasteiger partial charge is 0.169 e. The molecule has 1 aliphatic carbocycles. The van der Waals surface area contributed by atoms with Crippen LogP contribution in [-0.2, 0) is 0 Å². The largest absolute Gasteiger partial charge is 0.386 e. The molecule has 2 aliphatic rings. The van der Waals surface area contributed by atoms with Gasteiger partial charge in [0.1, 0.15) is 11.5 Å². The van der Waals surface area contributed by atoms with Crippen molar-refractivity contribution in [1.82, 2.24) is 19.9 Å². The maximum atomic E-state index is 15.3. The molecule has 0 radical (unpaired) electrons. The van der Waals surface area contributed by atoms with Crippen LogP contribution in [-0.4, -0.2) is 45.6 Å². The lowest BCUT2D eigenvalue weighted by Crippen LogP contribution is -2.41. The molecule has 0 unspecified atom stereocenters. The second-order valence-electron chi connectivity index (χ2n) is 8.81. The van der Waals surface area contributed by atoms with Crippen LogP contribution in [0.2, 0.25) is 0 Å². The highest BCUT2D eigenvalue weighted by Gasteiger charge is 2.44. The lowest BCUT2D eigenvalue weighted by Gasteiger charge is -2.33. The van der Waals surface area contributed by atoms with E-state index < -0.39 is 11.6 Å². The summed E-state index contributed by atoms with van der Waals surface area (Å²) in [5.41, 5.74) is 10.2. The fourth-order valence-corrected chi connectivity index (χ4v) is 5.45. The fourth-order valence-electron chi connectivity index (χ4n) is 5.45. The predicted octanol–water partition coefficient (Wildman–Crippen LogP) is 3.73. The molecule has 4 heterocycles. The Kier molecular flexibility index (Phi) is 4.13. The number of piperidine rings is 1. The van der Waals surface area contributed by atoms with Crippen molar-refractivity contribution in [1.29, 1.82) is 0 Å². The average molecular weight is 435 g/mol. The first-order valence-electron chi connectivity index (χ1n) is 10.8. The van der Waals surface area contributed by atoms with E-state index in [1.807, 2.05) is 6.92 Å². The standard InChI is InChI=1S/C23H23F2N7/c1-10-28-6-12(7-29-10)14-8-30-23-19(22(14)32-9-11-3-13(32)4-16(11)26)18-20(25)15(24)5-17(27-2)21(18)31-23/h5-8,11,13,16,27H,3-4,9,26H2,1-2H3,(H,30,31)/t11-,13-,16-/m1/s1. The SMILES string of the molecule is CNc1cc(F)c(F)c2c1[nH]c1ncc(-c3cnc(C)nc3)c(N3C[C@H]4C[C@@H]3C[C@H]4N)c12. The topological polar surface area (TPSA) is 95.8 Å². The Morgan fingerprint density at radius 1 is 1.12 bits per heavy atom. The van der Waals surface area contributed by atoms with Gasteiger partial charge in [0.25, 0.3) is 0 Å². The number of rotatable bonds is 3. The van der Waals surface area contributed by atoms with Crippen LogP contribution < -0.4 is 16.0 Å². The number of hydrogen-bond donors (Lipinski definition) is 3. The van der Waals surface area contributed by atoms with Crippen molar-refractivity contribution in [3.63, 3.8) is 0 Å². The third-order valence-corrected chi connectivity index (χ3v) is 7.01. The van der Waals surface area contributed by atoms with Gasteiger partial charge in [0, 0.05) is 61.5 Å². The van der Waals surface area contributed by atoms with Crippen molar-refractivity contribution in [2.24, 2.45) is 11.7 Å². The van der Waals surface area contributed by atoms with E-state index in [0.717, 1.165) is 42.3 Å². The van der Waals surface area contributed by atoms with Gasteiger partial charge in [0.15, 0.2) is 11.6 Å². The van der Waals surface area contributed by atoms with E-state index >= 15 is 4.39 Å². The van der Waals surface area contributed by atoms with Gasteiger partial charge < -0.3 is 20.9 Å². The highest BCUT2D eigenvalue weighted by atomic mass is 19.2. The van der Waals surface area contributed by atoms with E-state index in [2.05, 4.69) is 30.2 Å². The summed E-state index contributed by atoms with van der Waals surface area (Å²) in [6.07, 6.45) is 7.13. The third kappa shape index (κ3) is 2.63. The molecule has 1 saturated heterocycles. The summed E-state index contributed by atoms with van der Waals surface area (Å²) in [5, 5.41) is 3.74. The molecule has 32 heavy (non-hydrogen) atoms. The van der Waals surface area contributed by atoms with E-state index in [4.69, 9.17) is 5.73 Å². The number of aryl methyl sites for hydroxylation is 1. The highest BCUT2D eigenvalue weighted by Crippen LogP contribution is 2.48. The quantitative estimate of drug-likeness (QED) is 0.454. The highest BCUT2D eigenvalue weighted by molar-refractivity contribution is 6.18. The molecule has 4 aromatic rings. The van der Waals surface area contributed by atoms with E-state index in [9.17, 15) is 4.39 Å². The molecule has 1 aromatic carbocycles. The third-order valence-electron chi connectivity index (χ3n) is 7.01. The molecule has 7 nitrogen and oxygen atoms in total. The number of pyridine rings is 1. The number of nitrogens with zero attached hydrogens (tertiary/aromatic N) is 4. The molecule has 3 aromatic heterocycles. The molecule has 6 rings (SSSR count). The summed E-state index contributed by atoms with van der Waals surface area (Å²) < 4.78 is 29.8. The van der Waals surface area contributed by atoms with Gasteiger partial charge in [-0.3, -0.25) is 0 Å². The van der Waals surface area contributed by atoms with Crippen LogP contribution in [0.1, 0.15) is 18.7 Å². The van der Waals surface area contributed by atoms with E-state index in [-0.39, 0.29) is 17.5 Å². The van der Waals surface area contributed by atoms with Gasteiger partial charge in [-0.2, -0.15) is 0 Å². The molecule has 9 heteroatoms. The minimum absolute atomic E-state index is 0.174. The van der Waals surface area contributed by atoms with Gasteiger partial charge in [-0.05, 0) is 25.7 Å². The number of aromatic amines is 1. The Bertz CT molecular complexity index is 1360. The normalized spacial score (nSPS) is 22.4. The minimum atomic E-state index is -0.900. The summed E-state index contributed by atoms with van der Waals surface area (Å²) in [6, 6.07) is 1.59. The number of benzene rings is 1. The van der Waals surface area contributed by atoms with Gasteiger partial charge in [-0.1, -0.05) is 0 Å².